The van der Waals surface area contributed by atoms with Crippen molar-refractivity contribution in [2.24, 2.45) is 4.90 Å². The molecule has 0 fully saturated rings. The fourth-order valence-corrected chi connectivity index (χ4v) is 0.216. The number of rotatable bonds is 3. The Bertz CT molecular complexity index is 118. The van der Waals surface area contributed by atoms with Crippen molar-refractivity contribution in [1.29, 1.82) is 0 Å². The second-order valence-electron chi connectivity index (χ2n) is 1.52. The minimum Gasteiger partial charge on any atom is -0.287 e. The summed E-state index contributed by atoms with van der Waals surface area (Å²) in [5.74, 6) is 0. The highest BCUT2D eigenvalue weighted by Gasteiger charge is 2.11. The second-order valence-corrected chi connectivity index (χ2v) is 1.52. The van der Waals surface area contributed by atoms with Gasteiger partial charge in [-0.2, -0.15) is 0 Å². The molecule has 0 amide bonds. The Labute approximate surface area is 59.8 Å². The molecule has 0 aliphatic heterocycles. The summed E-state index contributed by atoms with van der Waals surface area (Å²) in [5, 5.41) is 0. The zero-order chi connectivity index (χ0) is 7.28. The van der Waals surface area contributed by atoms with Crippen LogP contribution in [-0.4, -0.2) is 49.4 Å². The molecule has 7 radical (unpaired) electrons. The van der Waals surface area contributed by atoms with Gasteiger partial charge in [0.2, 0.25) is 13.4 Å². The van der Waals surface area contributed by atoms with Crippen LogP contribution in [0.3, 0.4) is 0 Å². The van der Waals surface area contributed by atoms with Crippen LogP contribution in [0.4, 0.5) is 0 Å². The monoisotopic (exact) mass is 108 g/mol. The van der Waals surface area contributed by atoms with E-state index in [9.17, 15) is 4.79 Å². The molecule has 0 saturated heterocycles. The van der Waals surface area contributed by atoms with Gasteiger partial charge in [0.1, 0.15) is 0 Å². The van der Waals surface area contributed by atoms with Crippen LogP contribution in [0.2, 0.25) is 0 Å². The fraction of sp³-hybridized carbons (Fsp3) is 0. The van der Waals surface area contributed by atoms with Crippen LogP contribution in [0.5, 0.6) is 0 Å². The second kappa shape index (κ2) is 4.63. The van der Waals surface area contributed by atoms with E-state index in [2.05, 4.69) is 4.90 Å². The molecule has 0 spiro atoms. The van der Waals surface area contributed by atoms with Gasteiger partial charge in [0.25, 0.3) is 0 Å². The molecular weight excluding hydrogens is 107 g/mol. The first-order valence-corrected chi connectivity index (χ1v) is 2.35. The lowest BCUT2D eigenvalue weighted by molar-refractivity contribution is 0.566. The highest BCUT2D eigenvalue weighted by Crippen LogP contribution is 1.73. The smallest absolute Gasteiger partial charge is 0.231 e. The van der Waals surface area contributed by atoms with Crippen LogP contribution < -0.4 is 0 Å². The van der Waals surface area contributed by atoms with Crippen LogP contribution in [0.1, 0.15) is 0 Å². The van der Waals surface area contributed by atoms with Gasteiger partial charge in [0.05, 0.1) is 0 Å². The molecule has 0 aromatic rings. The van der Waals surface area contributed by atoms with Crippen molar-refractivity contribution < 1.29 is 4.79 Å². The normalized spacial score (nSPS) is 7.11. The molecule has 33 valence electrons. The van der Waals surface area contributed by atoms with Crippen molar-refractivity contribution in [3.05, 3.63) is 0 Å². The van der Waals surface area contributed by atoms with Crippen molar-refractivity contribution in [2.75, 3.05) is 0 Å². The molecule has 0 aromatic carbocycles. The Balaban J connectivity index is 3.49. The van der Waals surface area contributed by atoms with Gasteiger partial charge in [-0.15, -0.1) is 0 Å². The molecule has 8 heteroatoms. The van der Waals surface area contributed by atoms with Crippen LogP contribution in [-0.2, 0) is 4.79 Å². The Kier molecular flexibility index (Phi) is 4.51. The van der Waals surface area contributed by atoms with E-state index in [4.69, 9.17) is 23.2 Å². The third-order valence-corrected chi connectivity index (χ3v) is 0.744. The maximum atomic E-state index is 9.47. The van der Waals surface area contributed by atoms with Gasteiger partial charge in [-0.25, -0.2) is 4.79 Å². The van der Waals surface area contributed by atoms with Gasteiger partial charge in [0, 0.05) is 36.0 Å². The summed E-state index contributed by atoms with van der Waals surface area (Å²) in [4.78, 5) is 12.5. The molecule has 0 atom stereocenters. The maximum Gasteiger partial charge on any atom is 0.231 e. The zero-order valence-electron chi connectivity index (χ0n) is 4.82. The molecule has 0 N–H and O–H groups in total. The maximum absolute atomic E-state index is 9.47. The molecule has 0 rings (SSSR count). The number of hydrogen-bond acceptors (Lipinski definition) is 2. The average Bonchev–Trinajstić information content (AvgIpc) is 1.82. The Hall–Kier alpha value is -0.230. The number of isocyanates is 1. The van der Waals surface area contributed by atoms with E-state index in [-0.39, 0.29) is 0 Å². The lowest BCUT2D eigenvalue weighted by Gasteiger charge is -2.03. The third-order valence-electron chi connectivity index (χ3n) is 0.744. The molecule has 0 unspecified atom stereocenters. The summed E-state index contributed by atoms with van der Waals surface area (Å²) in [6.45, 7) is 0. The lowest BCUT2D eigenvalue weighted by atomic mass is 8.79. The minimum absolute atomic E-state index is 0.577. The molecule has 0 aliphatic carbocycles. The Morgan fingerprint density at radius 1 is 1.44 bits per heavy atom. The molecule has 0 aromatic heterocycles. The Morgan fingerprint density at radius 3 is 2.33 bits per heavy atom. The number of carbonyl (C=O) groups excluding carboxylic acids is 1. The van der Waals surface area contributed by atoms with Crippen LogP contribution in [0.15, 0.2) is 4.90 Å². The van der Waals surface area contributed by atoms with Gasteiger partial charge in [-0.3, -0.25) is 4.90 Å². The molecule has 2 nitrogen and oxygen atoms in total. The first kappa shape index (κ1) is 8.77. The van der Waals surface area contributed by atoms with Crippen molar-refractivity contribution >= 4 is 49.4 Å². The third kappa shape index (κ3) is 4.28. The topological polar surface area (TPSA) is 29.4 Å². The highest BCUT2D eigenvalue weighted by molar-refractivity contribution is 7.77. The van der Waals surface area contributed by atoms with Crippen LogP contribution >= 0.6 is 0 Å². The van der Waals surface area contributed by atoms with E-state index in [1.165, 1.54) is 6.08 Å². The molecule has 0 bridgehead atoms. The van der Waals surface area contributed by atoms with Crippen molar-refractivity contribution in [3.63, 3.8) is 0 Å². The first-order valence-electron chi connectivity index (χ1n) is 2.35. The summed E-state index contributed by atoms with van der Waals surface area (Å²) in [7, 11) is 16.6. The predicted octanol–water partition coefficient (Wildman–Crippen LogP) is -2.50. The van der Waals surface area contributed by atoms with Gasteiger partial charge >= 0.3 is 0 Å². The molecule has 0 saturated carbocycles. The van der Waals surface area contributed by atoms with Crippen molar-refractivity contribution in [2.45, 2.75) is 0 Å². The van der Waals surface area contributed by atoms with Crippen LogP contribution in [0.25, 0.3) is 0 Å². The molecule has 9 heavy (non-hydrogen) atoms. The molecule has 0 aliphatic rings. The average molecular weight is 107 g/mol. The van der Waals surface area contributed by atoms with Gasteiger partial charge in [-0.05, 0) is 0 Å². The van der Waals surface area contributed by atoms with E-state index in [1.807, 2.05) is 0 Å². The quantitative estimate of drug-likeness (QED) is 0.222. The van der Waals surface area contributed by atoms with E-state index in [0.29, 0.717) is 0 Å². The lowest BCUT2D eigenvalue weighted by Crippen LogP contribution is -2.42. The van der Waals surface area contributed by atoms with Gasteiger partial charge < -0.3 is 0 Å². The standard InChI is InChI=1S/CB6NO/c2-6(3)7(4)5-8-1-9. The van der Waals surface area contributed by atoms with E-state index >= 15 is 0 Å². The zero-order valence-corrected chi connectivity index (χ0v) is 4.82. The summed E-state index contributed by atoms with van der Waals surface area (Å²) in [6.07, 6.45) is 0.0258. The van der Waals surface area contributed by atoms with E-state index < -0.39 is 12.8 Å². The summed E-state index contributed by atoms with van der Waals surface area (Å²) >= 11 is 0. The van der Waals surface area contributed by atoms with Gasteiger partial charge in [0.15, 0.2) is 0 Å². The summed E-state index contributed by atoms with van der Waals surface area (Å²) < 4.78 is 0. The highest BCUT2D eigenvalue weighted by atomic mass is 16.1. The van der Waals surface area contributed by atoms with Crippen molar-refractivity contribution in [3.8, 4) is 0 Å². The number of hydrogen-bond donors (Lipinski definition) is 0. The van der Waals surface area contributed by atoms with Crippen molar-refractivity contribution in [1.82, 2.24) is 0 Å². The largest absolute Gasteiger partial charge is 0.287 e. The molecular formula is CB6NO. The van der Waals surface area contributed by atoms with Gasteiger partial charge in [-0.1, -0.05) is 0 Å². The predicted molar refractivity (Wildman–Crippen MR) is 42.6 cm³/mol. The number of nitrogens with zero attached hydrogens (tertiary/aromatic N) is 1. The van der Waals surface area contributed by atoms with Crippen LogP contribution in [0, 0.1) is 0 Å². The summed E-state index contributed by atoms with van der Waals surface area (Å²) in [5.41, 5.74) is 0. The fourth-order valence-electron chi connectivity index (χ4n) is 0.216. The minimum atomic E-state index is -0.679. The Morgan fingerprint density at radius 2 is 2.00 bits per heavy atom. The summed E-state index contributed by atoms with van der Waals surface area (Å²) in [6, 6.07) is 0. The SMILES string of the molecule is [B]B([B])B([B])[B]N=C=O. The first-order chi connectivity index (χ1) is 4.18. The van der Waals surface area contributed by atoms with E-state index in [0.717, 1.165) is 7.31 Å². The van der Waals surface area contributed by atoms with E-state index in [1.54, 1.807) is 0 Å². The molecule has 0 heterocycles.